The molecular weight excluding hydrogens is 628 g/mol. The van der Waals surface area contributed by atoms with Crippen molar-refractivity contribution in [3.05, 3.63) is 59.9 Å². The summed E-state index contributed by atoms with van der Waals surface area (Å²) in [6.45, 7) is -1.04. The van der Waals surface area contributed by atoms with Gasteiger partial charge in [-0.05, 0) is 35.4 Å². The molecule has 14 nitrogen and oxygen atoms in total. The molecule has 0 saturated heterocycles. The average molecular weight is 655 g/mol. The van der Waals surface area contributed by atoms with Gasteiger partial charge >= 0.3 is 5.97 Å². The van der Waals surface area contributed by atoms with Gasteiger partial charge in [-0.2, -0.15) is 0 Å². The lowest BCUT2D eigenvalue weighted by Gasteiger charge is -2.19. The molecule has 1 unspecified atom stereocenters. The molecule has 1 amide bonds. The van der Waals surface area contributed by atoms with E-state index in [0.717, 1.165) is 18.4 Å². The fraction of sp³-hybridized carbons (Fsp3) is 0.320. The highest BCUT2D eigenvalue weighted by Crippen LogP contribution is 2.28. The largest absolute Gasteiger partial charge is 0.616 e. The van der Waals surface area contributed by atoms with Crippen LogP contribution in [-0.2, 0) is 54.4 Å². The molecule has 2 aromatic carbocycles. The number of nitrogens with zero attached hydrogens (tertiary/aromatic N) is 4. The standard InChI is InChI=1S/C25H27FN6O8S3/c1-38-24(34)21(15-42(35)14-16-3-2-4-18(9-16)39-8-7-26)28-23(33)12-32-11-17(30-31-32)13-40-19-5-6-22-20(10-19)29-25(41-22)43(27,36)37/h2-6,9-11,21H,7-8,12-15H2,1H3,(H,28,33)(H2,27,36,37)/t21-,42?/m0/s1. The molecule has 0 radical (unpaired) electrons. The summed E-state index contributed by atoms with van der Waals surface area (Å²) < 4.78 is 65.6. The van der Waals surface area contributed by atoms with E-state index < -0.39 is 45.8 Å². The maximum Gasteiger partial charge on any atom is 0.333 e. The van der Waals surface area contributed by atoms with Gasteiger partial charge in [-0.15, -0.1) is 16.4 Å². The number of carbonyl (C=O) groups is 2. The molecule has 0 bridgehead atoms. The van der Waals surface area contributed by atoms with Crippen LogP contribution in [0.2, 0.25) is 0 Å². The topological polar surface area (TPSA) is 201 Å². The van der Waals surface area contributed by atoms with E-state index in [1.807, 2.05) is 0 Å². The number of methoxy groups -OCH3 is 1. The molecule has 18 heteroatoms. The number of hydrogen-bond acceptors (Lipinski definition) is 12. The van der Waals surface area contributed by atoms with Crippen molar-refractivity contribution in [3.8, 4) is 11.5 Å². The molecule has 0 aliphatic carbocycles. The number of sulfonamides is 1. The van der Waals surface area contributed by atoms with Gasteiger partial charge in [0.15, 0.2) is 6.04 Å². The van der Waals surface area contributed by atoms with E-state index in [-0.39, 0.29) is 35.6 Å². The number of benzene rings is 2. The van der Waals surface area contributed by atoms with E-state index >= 15 is 0 Å². The van der Waals surface area contributed by atoms with Crippen molar-refractivity contribution in [1.82, 2.24) is 25.3 Å². The van der Waals surface area contributed by atoms with Gasteiger partial charge in [0.2, 0.25) is 10.2 Å². The third-order valence-electron chi connectivity index (χ3n) is 5.61. The third-order valence-corrected chi connectivity index (χ3v) is 9.32. The van der Waals surface area contributed by atoms with Crippen LogP contribution in [0.5, 0.6) is 11.5 Å². The summed E-state index contributed by atoms with van der Waals surface area (Å²) in [4.78, 5) is 29.0. The van der Waals surface area contributed by atoms with Gasteiger partial charge in [0, 0.05) is 11.6 Å². The second kappa shape index (κ2) is 14.6. The molecule has 0 aliphatic heterocycles. The molecule has 4 rings (SSSR count). The Morgan fingerprint density at radius 3 is 2.74 bits per heavy atom. The van der Waals surface area contributed by atoms with E-state index in [9.17, 15) is 27.0 Å². The zero-order valence-electron chi connectivity index (χ0n) is 22.7. The van der Waals surface area contributed by atoms with Gasteiger partial charge in [-0.25, -0.2) is 32.4 Å². The first-order chi connectivity index (χ1) is 20.5. The van der Waals surface area contributed by atoms with Crippen molar-refractivity contribution in [2.45, 2.75) is 29.3 Å². The highest BCUT2D eigenvalue weighted by molar-refractivity contribution is 7.91. The number of primary sulfonamides is 1. The number of aromatic nitrogens is 4. The highest BCUT2D eigenvalue weighted by Gasteiger charge is 2.28. The first-order valence-corrected chi connectivity index (χ1v) is 16.3. The van der Waals surface area contributed by atoms with Crippen LogP contribution in [0.3, 0.4) is 0 Å². The number of ether oxygens (including phenoxy) is 3. The Kier molecular flexibility index (Phi) is 10.9. The summed E-state index contributed by atoms with van der Waals surface area (Å²) in [5, 5.41) is 15.5. The number of nitrogens with one attached hydrogen (secondary N) is 1. The smallest absolute Gasteiger partial charge is 0.333 e. The van der Waals surface area contributed by atoms with Crippen molar-refractivity contribution < 1.29 is 41.2 Å². The number of amides is 1. The minimum atomic E-state index is -3.92. The predicted molar refractivity (Wildman–Crippen MR) is 154 cm³/mol. The number of thiazole rings is 1. The lowest BCUT2D eigenvalue weighted by atomic mass is 10.2. The Morgan fingerprint density at radius 2 is 2.00 bits per heavy atom. The molecule has 4 aromatic rings. The number of carbonyl (C=O) groups excluding carboxylic acids is 2. The Hall–Kier alpha value is -3.84. The van der Waals surface area contributed by atoms with E-state index in [4.69, 9.17) is 19.3 Å². The van der Waals surface area contributed by atoms with Crippen LogP contribution in [-0.4, -0.2) is 77.0 Å². The van der Waals surface area contributed by atoms with Gasteiger partial charge in [-0.1, -0.05) is 17.3 Å². The van der Waals surface area contributed by atoms with Crippen LogP contribution in [0.25, 0.3) is 10.2 Å². The summed E-state index contributed by atoms with van der Waals surface area (Å²) in [5.41, 5.74) is 1.45. The van der Waals surface area contributed by atoms with Gasteiger partial charge in [0.05, 0.1) is 23.5 Å². The monoisotopic (exact) mass is 654 g/mol. The number of halogens is 1. The maximum absolute atomic E-state index is 12.8. The summed E-state index contributed by atoms with van der Waals surface area (Å²) in [6.07, 6.45) is 1.48. The van der Waals surface area contributed by atoms with E-state index in [0.29, 0.717) is 33.0 Å². The van der Waals surface area contributed by atoms with E-state index in [2.05, 4.69) is 20.6 Å². The van der Waals surface area contributed by atoms with Gasteiger partial charge < -0.3 is 24.1 Å². The first-order valence-electron chi connectivity index (χ1n) is 12.5. The number of esters is 1. The zero-order chi connectivity index (χ0) is 31.0. The molecule has 2 heterocycles. The molecule has 0 spiro atoms. The number of rotatable bonds is 15. The van der Waals surface area contributed by atoms with Crippen LogP contribution in [0, 0.1) is 0 Å². The van der Waals surface area contributed by atoms with E-state index in [1.54, 1.807) is 42.5 Å². The molecular formula is C25H27FN6O8S3. The lowest BCUT2D eigenvalue weighted by molar-refractivity contribution is -0.144. The number of fused-ring (bicyclic) bond motifs is 1. The van der Waals surface area contributed by atoms with Crippen molar-refractivity contribution in [3.63, 3.8) is 0 Å². The fourth-order valence-corrected chi connectivity index (χ4v) is 6.64. The van der Waals surface area contributed by atoms with Crippen LogP contribution < -0.4 is 19.9 Å². The average Bonchev–Trinajstić information content (AvgIpc) is 3.61. The molecule has 0 saturated carbocycles. The van der Waals surface area contributed by atoms with Gasteiger partial charge in [0.25, 0.3) is 10.0 Å². The Labute approximate surface area is 252 Å². The highest BCUT2D eigenvalue weighted by atomic mass is 32.2. The first kappa shape index (κ1) is 32.1. The Morgan fingerprint density at radius 1 is 1.21 bits per heavy atom. The molecule has 230 valence electrons. The van der Waals surface area contributed by atoms with Gasteiger partial charge in [0.1, 0.15) is 55.1 Å². The van der Waals surface area contributed by atoms with Crippen LogP contribution in [0.15, 0.2) is 53.0 Å². The normalized spacial score (nSPS) is 12.9. The second-order valence-corrected chi connectivity index (χ2v) is 13.2. The Balaban J connectivity index is 1.30. The minimum absolute atomic E-state index is 0.0108. The molecule has 0 fully saturated rings. The van der Waals surface area contributed by atoms with Crippen molar-refractivity contribution in [2.75, 3.05) is 26.1 Å². The van der Waals surface area contributed by atoms with Crippen molar-refractivity contribution in [1.29, 1.82) is 0 Å². The Bertz CT molecular complexity index is 1680. The molecule has 3 N–H and O–H groups in total. The maximum atomic E-state index is 12.8. The quantitative estimate of drug-likeness (QED) is 0.137. The number of hydrogen-bond donors (Lipinski definition) is 2. The lowest BCUT2D eigenvalue weighted by Crippen LogP contribution is -2.47. The molecule has 2 aromatic heterocycles. The minimum Gasteiger partial charge on any atom is -0.616 e. The molecule has 2 atom stereocenters. The van der Waals surface area contributed by atoms with Crippen LogP contribution in [0.1, 0.15) is 11.3 Å². The molecule has 43 heavy (non-hydrogen) atoms. The van der Waals surface area contributed by atoms with E-state index in [1.165, 1.54) is 10.9 Å². The van der Waals surface area contributed by atoms with Crippen LogP contribution >= 0.6 is 11.3 Å². The predicted octanol–water partition coefficient (Wildman–Crippen LogP) is 1.07. The second-order valence-electron chi connectivity index (χ2n) is 8.93. The molecule has 0 aliphatic rings. The van der Waals surface area contributed by atoms with Crippen LogP contribution in [0.4, 0.5) is 4.39 Å². The number of nitrogens with two attached hydrogens (primary N) is 1. The van der Waals surface area contributed by atoms with Crippen molar-refractivity contribution in [2.24, 2.45) is 5.14 Å². The fourth-order valence-electron chi connectivity index (χ4n) is 3.75. The summed E-state index contributed by atoms with van der Waals surface area (Å²) in [5.74, 6) is -0.646. The zero-order valence-corrected chi connectivity index (χ0v) is 25.1. The summed E-state index contributed by atoms with van der Waals surface area (Å²) in [7, 11) is -2.76. The number of alkyl halides is 1. The van der Waals surface area contributed by atoms with Gasteiger partial charge in [-0.3, -0.25) is 4.79 Å². The summed E-state index contributed by atoms with van der Waals surface area (Å²) >= 11 is -0.620. The third kappa shape index (κ3) is 9.32. The SMILES string of the molecule is COC(=O)[C@H](C[S+]([O-])Cc1cccc(OCCF)c1)NC(=O)Cn1cc(COc2ccc3sc(S(N)(=O)=O)nc3c2)nn1. The summed E-state index contributed by atoms with van der Waals surface area (Å²) in [6, 6.07) is 10.4. The van der Waals surface area contributed by atoms with Crippen molar-refractivity contribution >= 4 is 54.6 Å².